The molecular weight excluding hydrogens is 486 g/mol. The lowest BCUT2D eigenvalue weighted by Gasteiger charge is -2.59. The molecule has 0 saturated carbocycles. The summed E-state index contributed by atoms with van der Waals surface area (Å²) in [5.41, 5.74) is 13.2. The molecular formula is C32H33N5O2. The van der Waals surface area contributed by atoms with Crippen molar-refractivity contribution in [2.24, 2.45) is 11.1 Å². The van der Waals surface area contributed by atoms with Crippen molar-refractivity contribution in [2.45, 2.75) is 13.5 Å². The van der Waals surface area contributed by atoms with Gasteiger partial charge < -0.3 is 10.6 Å². The Labute approximate surface area is 229 Å². The second kappa shape index (κ2) is 10.9. The number of carbonyl (C=O) groups is 2. The van der Waals surface area contributed by atoms with Crippen molar-refractivity contribution in [3.63, 3.8) is 0 Å². The number of aryl methyl sites for hydroxylation is 1. The van der Waals surface area contributed by atoms with E-state index in [-0.39, 0.29) is 5.69 Å². The van der Waals surface area contributed by atoms with Crippen LogP contribution in [0.15, 0.2) is 79.4 Å². The van der Waals surface area contributed by atoms with E-state index >= 15 is 0 Å². The molecule has 4 heterocycles. The molecule has 2 fully saturated rings. The van der Waals surface area contributed by atoms with Crippen molar-refractivity contribution >= 4 is 23.1 Å². The first kappa shape index (κ1) is 26.4. The molecule has 0 unspecified atom stereocenters. The molecule has 39 heavy (non-hydrogen) atoms. The number of benzene rings is 2. The smallest absolute Gasteiger partial charge is 0.267 e. The first-order valence-electron chi connectivity index (χ1n) is 13.0. The number of aromatic nitrogens is 2. The summed E-state index contributed by atoms with van der Waals surface area (Å²) < 4.78 is 0. The van der Waals surface area contributed by atoms with Crippen molar-refractivity contribution < 1.29 is 9.59 Å². The number of nitrogens with zero attached hydrogens (tertiary/aromatic N) is 4. The van der Waals surface area contributed by atoms with Gasteiger partial charge in [-0.05, 0) is 43.3 Å². The molecule has 0 aliphatic carbocycles. The molecule has 2 saturated heterocycles. The fourth-order valence-corrected chi connectivity index (χ4v) is 5.85. The summed E-state index contributed by atoms with van der Waals surface area (Å²) in [5.74, 6) is -0.545. The largest absolute Gasteiger partial charge is 0.364 e. The van der Waals surface area contributed by atoms with Crippen LogP contribution in [0, 0.1) is 12.3 Å². The van der Waals surface area contributed by atoms with Gasteiger partial charge in [-0.15, -0.1) is 0 Å². The van der Waals surface area contributed by atoms with Gasteiger partial charge in [-0.2, -0.15) is 0 Å². The van der Waals surface area contributed by atoms with Crippen LogP contribution in [0.4, 0.5) is 0 Å². The molecule has 7 heteroatoms. The van der Waals surface area contributed by atoms with E-state index in [9.17, 15) is 4.79 Å². The van der Waals surface area contributed by atoms with E-state index in [0.29, 0.717) is 11.7 Å². The number of hydrogen-bond acceptors (Lipinski definition) is 6. The number of amides is 1. The van der Waals surface area contributed by atoms with Crippen LogP contribution in [0.1, 0.15) is 21.7 Å². The zero-order valence-electron chi connectivity index (χ0n) is 22.4. The maximum Gasteiger partial charge on any atom is 0.267 e. The van der Waals surface area contributed by atoms with Gasteiger partial charge in [-0.1, -0.05) is 61.2 Å². The summed E-state index contributed by atoms with van der Waals surface area (Å²) in [6, 6.07) is 22.8. The van der Waals surface area contributed by atoms with E-state index < -0.39 is 5.91 Å². The quantitative estimate of drug-likeness (QED) is 0.298. The third kappa shape index (κ3) is 5.50. The van der Waals surface area contributed by atoms with E-state index in [0.717, 1.165) is 45.5 Å². The third-order valence-corrected chi connectivity index (χ3v) is 7.40. The van der Waals surface area contributed by atoms with Crippen molar-refractivity contribution in [2.75, 3.05) is 33.2 Å². The summed E-state index contributed by atoms with van der Waals surface area (Å²) in [4.78, 5) is 35.2. The summed E-state index contributed by atoms with van der Waals surface area (Å²) >= 11 is 0. The highest BCUT2D eigenvalue weighted by molar-refractivity contribution is 5.98. The average molecular weight is 520 g/mol. The molecule has 4 aromatic rings. The molecule has 198 valence electrons. The van der Waals surface area contributed by atoms with E-state index in [2.05, 4.69) is 70.9 Å². The topological polar surface area (TPSA) is 92.4 Å². The van der Waals surface area contributed by atoms with Gasteiger partial charge in [0.2, 0.25) is 0 Å². The standard InChI is InChI=1S/C29H29N5O.C3H4O/c1-19-23-12-24(21-6-4-3-5-7-21)27(32-25(23)13-26(31-19)28(30)35)22-10-8-20(9-11-22)14-34-17-29(18-34)15-33(2)16-29;1-2-3-4/h3-13H,14-18H2,1-2H3,(H2,30,35);2-3H,1H2. The van der Waals surface area contributed by atoms with Gasteiger partial charge in [0.05, 0.1) is 11.2 Å². The van der Waals surface area contributed by atoms with Crippen LogP contribution in [0.5, 0.6) is 0 Å². The molecule has 2 aromatic heterocycles. The van der Waals surface area contributed by atoms with Gasteiger partial charge in [0.25, 0.3) is 5.91 Å². The number of pyridine rings is 2. The van der Waals surface area contributed by atoms with Gasteiger partial charge >= 0.3 is 0 Å². The van der Waals surface area contributed by atoms with Gasteiger partial charge in [0, 0.05) is 60.3 Å². The number of likely N-dealkylation sites (tertiary alicyclic amines) is 2. The predicted octanol–water partition coefficient (Wildman–Crippen LogP) is 4.49. The lowest BCUT2D eigenvalue weighted by atomic mass is 9.73. The second-order valence-corrected chi connectivity index (χ2v) is 10.7. The van der Waals surface area contributed by atoms with E-state index in [1.54, 1.807) is 6.07 Å². The molecule has 2 N–H and O–H groups in total. The maximum absolute atomic E-state index is 11.8. The molecule has 0 bridgehead atoms. The Bertz CT molecular complexity index is 1510. The number of primary amides is 1. The Kier molecular flexibility index (Phi) is 7.37. The predicted molar refractivity (Wildman–Crippen MR) is 155 cm³/mol. The zero-order chi connectivity index (χ0) is 27.6. The van der Waals surface area contributed by atoms with Crippen LogP contribution in [0.3, 0.4) is 0 Å². The molecule has 2 aliphatic heterocycles. The minimum atomic E-state index is -0.545. The van der Waals surface area contributed by atoms with E-state index in [1.807, 2.05) is 25.1 Å². The fourth-order valence-electron chi connectivity index (χ4n) is 5.85. The summed E-state index contributed by atoms with van der Waals surface area (Å²) in [6.07, 6.45) is 1.83. The minimum Gasteiger partial charge on any atom is -0.364 e. The van der Waals surface area contributed by atoms with Gasteiger partial charge in [-0.3, -0.25) is 14.5 Å². The normalized spacial score (nSPS) is 16.1. The Balaban J connectivity index is 0.000000723. The molecule has 2 aliphatic rings. The van der Waals surface area contributed by atoms with Crippen LogP contribution in [-0.2, 0) is 11.3 Å². The zero-order valence-corrected chi connectivity index (χ0v) is 22.4. The molecule has 0 atom stereocenters. The molecule has 1 amide bonds. The number of carbonyl (C=O) groups excluding carboxylic acids is 2. The van der Waals surface area contributed by atoms with E-state index in [1.165, 1.54) is 37.8 Å². The Hall–Kier alpha value is -4.20. The number of hydrogen-bond donors (Lipinski definition) is 1. The SMILES string of the molecule is C=CC=O.Cc1nc(C(N)=O)cc2nc(-c3ccc(CN4CC5(CN(C)C5)C4)cc3)c(-c3ccccc3)cc12. The molecule has 1 spiro atoms. The second-order valence-electron chi connectivity index (χ2n) is 10.7. The summed E-state index contributed by atoms with van der Waals surface area (Å²) in [5, 5.41) is 0.919. The van der Waals surface area contributed by atoms with Crippen molar-refractivity contribution in [1.82, 2.24) is 19.8 Å². The monoisotopic (exact) mass is 519 g/mol. The van der Waals surface area contributed by atoms with Crippen LogP contribution in [0.25, 0.3) is 33.3 Å². The first-order chi connectivity index (χ1) is 18.8. The Morgan fingerprint density at radius 3 is 2.26 bits per heavy atom. The molecule has 7 nitrogen and oxygen atoms in total. The van der Waals surface area contributed by atoms with Crippen molar-refractivity contribution in [3.05, 3.63) is 96.3 Å². The number of aldehydes is 1. The summed E-state index contributed by atoms with van der Waals surface area (Å²) in [7, 11) is 2.20. The van der Waals surface area contributed by atoms with Crippen LogP contribution in [-0.4, -0.2) is 65.2 Å². The number of rotatable bonds is 6. The lowest BCUT2D eigenvalue weighted by Crippen LogP contribution is -2.70. The Morgan fingerprint density at radius 1 is 1.00 bits per heavy atom. The highest BCUT2D eigenvalue weighted by Crippen LogP contribution is 2.39. The minimum absolute atomic E-state index is 0.237. The van der Waals surface area contributed by atoms with Gasteiger partial charge in [-0.25, -0.2) is 9.97 Å². The first-order valence-corrected chi connectivity index (χ1v) is 13.0. The van der Waals surface area contributed by atoms with Gasteiger partial charge in [0.1, 0.15) is 12.0 Å². The third-order valence-electron chi connectivity index (χ3n) is 7.40. The van der Waals surface area contributed by atoms with Crippen LogP contribution in [0.2, 0.25) is 0 Å². The highest BCUT2D eigenvalue weighted by atomic mass is 16.1. The van der Waals surface area contributed by atoms with E-state index in [4.69, 9.17) is 15.5 Å². The molecule has 0 radical (unpaired) electrons. The average Bonchev–Trinajstić information content (AvgIpc) is 2.91. The van der Waals surface area contributed by atoms with Crippen molar-refractivity contribution in [3.8, 4) is 22.4 Å². The Morgan fingerprint density at radius 2 is 1.67 bits per heavy atom. The number of nitrogens with two attached hydrogens (primary N) is 1. The highest BCUT2D eigenvalue weighted by Gasteiger charge is 2.49. The van der Waals surface area contributed by atoms with Crippen LogP contribution < -0.4 is 5.73 Å². The number of allylic oxidation sites excluding steroid dienone is 1. The maximum atomic E-state index is 11.8. The van der Waals surface area contributed by atoms with Crippen molar-refractivity contribution in [1.29, 1.82) is 0 Å². The molecule has 2 aromatic carbocycles. The summed E-state index contributed by atoms with van der Waals surface area (Å²) in [6.45, 7) is 10.8. The van der Waals surface area contributed by atoms with Gasteiger partial charge in [0.15, 0.2) is 0 Å². The number of fused-ring (bicyclic) bond motifs is 1. The van der Waals surface area contributed by atoms with Crippen LogP contribution >= 0.6 is 0 Å². The fraction of sp³-hybridized carbons (Fsp3) is 0.250. The lowest BCUT2D eigenvalue weighted by molar-refractivity contribution is -0.107. The molecule has 6 rings (SSSR count).